The summed E-state index contributed by atoms with van der Waals surface area (Å²) in [6.45, 7) is 4.71. The van der Waals surface area contributed by atoms with Crippen molar-refractivity contribution in [3.05, 3.63) is 35.0 Å². The van der Waals surface area contributed by atoms with Crippen LogP contribution in [0.4, 0.5) is 0 Å². The minimum absolute atomic E-state index is 0.363. The highest BCUT2D eigenvalue weighted by atomic mass is 32.1. The molecule has 0 saturated carbocycles. The highest BCUT2D eigenvalue weighted by molar-refractivity contribution is 7.08. The van der Waals surface area contributed by atoms with Crippen molar-refractivity contribution >= 4 is 11.3 Å². The molecule has 12 heavy (non-hydrogen) atoms. The van der Waals surface area contributed by atoms with Crippen molar-refractivity contribution in [2.24, 2.45) is 0 Å². The third kappa shape index (κ3) is 1.10. The molecule has 64 valence electrons. The molecular formula is C9H10O2S. The van der Waals surface area contributed by atoms with E-state index < -0.39 is 0 Å². The summed E-state index contributed by atoms with van der Waals surface area (Å²) in [6, 6.07) is 2.04. The Labute approximate surface area is 75.4 Å². The van der Waals surface area contributed by atoms with Crippen LogP contribution in [0.25, 0.3) is 0 Å². The van der Waals surface area contributed by atoms with Gasteiger partial charge in [0, 0.05) is 5.56 Å². The van der Waals surface area contributed by atoms with Gasteiger partial charge in [-0.1, -0.05) is 12.7 Å². The maximum Gasteiger partial charge on any atom is 0.148 e. The molecule has 0 aromatic carbocycles. The predicted molar refractivity (Wildman–Crippen MR) is 48.1 cm³/mol. The van der Waals surface area contributed by atoms with E-state index in [1.54, 1.807) is 11.3 Å². The molecule has 2 nitrogen and oxygen atoms in total. The Morgan fingerprint density at radius 2 is 2.58 bits per heavy atom. The van der Waals surface area contributed by atoms with Crippen LogP contribution in [0.3, 0.4) is 0 Å². The molecule has 0 aliphatic carbocycles. The fourth-order valence-corrected chi connectivity index (χ4v) is 2.02. The molecule has 1 aromatic rings. The van der Waals surface area contributed by atoms with Crippen LogP contribution in [0.5, 0.6) is 0 Å². The Balaban J connectivity index is 2.34. The maximum absolute atomic E-state index is 5.50. The Hall–Kier alpha value is -0.640. The van der Waals surface area contributed by atoms with E-state index in [1.807, 2.05) is 17.5 Å². The second-order valence-corrected chi connectivity index (χ2v) is 3.50. The molecule has 0 radical (unpaired) electrons. The van der Waals surface area contributed by atoms with Gasteiger partial charge in [0.25, 0.3) is 0 Å². The lowest BCUT2D eigenvalue weighted by molar-refractivity contribution is 0.0156. The summed E-state index contributed by atoms with van der Waals surface area (Å²) in [5, 5.41) is 4.10. The minimum Gasteiger partial charge on any atom is -0.352 e. The van der Waals surface area contributed by atoms with E-state index >= 15 is 0 Å². The second-order valence-electron chi connectivity index (χ2n) is 2.72. The molecular weight excluding hydrogens is 172 g/mol. The van der Waals surface area contributed by atoms with Gasteiger partial charge >= 0.3 is 0 Å². The molecule has 1 fully saturated rings. The summed E-state index contributed by atoms with van der Waals surface area (Å²) in [7, 11) is 0. The average Bonchev–Trinajstić information content (AvgIpc) is 2.76. The molecule has 0 N–H and O–H groups in total. The van der Waals surface area contributed by atoms with Gasteiger partial charge in [0.05, 0.1) is 6.61 Å². The van der Waals surface area contributed by atoms with Crippen molar-refractivity contribution in [3.8, 4) is 0 Å². The summed E-state index contributed by atoms with van der Waals surface area (Å²) < 4.78 is 10.7. The lowest BCUT2D eigenvalue weighted by atomic mass is 9.98. The number of rotatable bonds is 2. The van der Waals surface area contributed by atoms with Crippen LogP contribution in [0.1, 0.15) is 5.56 Å². The Bertz CT molecular complexity index is 260. The molecule has 1 aliphatic rings. The molecule has 2 rings (SSSR count). The van der Waals surface area contributed by atoms with Crippen LogP contribution < -0.4 is 0 Å². The smallest absolute Gasteiger partial charge is 0.148 e. The fraction of sp³-hybridized carbons (Fsp3) is 0.333. The van der Waals surface area contributed by atoms with Gasteiger partial charge in [-0.15, -0.1) is 0 Å². The SMILES string of the molecule is C=C[C@@]1(c2ccsc2)COCO1. The van der Waals surface area contributed by atoms with Crippen LogP contribution in [0, 0.1) is 0 Å². The van der Waals surface area contributed by atoms with Crippen LogP contribution in [0.2, 0.25) is 0 Å². The van der Waals surface area contributed by atoms with Crippen molar-refractivity contribution in [1.82, 2.24) is 0 Å². The van der Waals surface area contributed by atoms with E-state index in [-0.39, 0.29) is 5.60 Å². The maximum atomic E-state index is 5.50. The second kappa shape index (κ2) is 3.01. The third-order valence-corrected chi connectivity index (χ3v) is 2.74. The average molecular weight is 182 g/mol. The zero-order valence-corrected chi connectivity index (χ0v) is 7.47. The Kier molecular flexibility index (Phi) is 2.00. The molecule has 1 saturated heterocycles. The quantitative estimate of drug-likeness (QED) is 0.652. The van der Waals surface area contributed by atoms with Crippen LogP contribution in [-0.2, 0) is 15.1 Å². The van der Waals surface area contributed by atoms with Gasteiger partial charge in [-0.3, -0.25) is 0 Å². The lowest BCUT2D eigenvalue weighted by Crippen LogP contribution is -2.24. The molecule has 0 amide bonds. The van der Waals surface area contributed by atoms with Gasteiger partial charge < -0.3 is 9.47 Å². The molecule has 0 bridgehead atoms. The molecule has 0 spiro atoms. The standard InChI is InChI=1S/C9H10O2S/c1-2-9(6-10-7-11-9)8-3-4-12-5-8/h2-5H,1,6-7H2/t9-/m0/s1. The lowest BCUT2D eigenvalue weighted by Gasteiger charge is -2.20. The predicted octanol–water partition coefficient (Wildman–Crippen LogP) is 2.13. The first-order valence-corrected chi connectivity index (χ1v) is 4.70. The minimum atomic E-state index is -0.389. The van der Waals surface area contributed by atoms with E-state index in [9.17, 15) is 0 Å². The van der Waals surface area contributed by atoms with Crippen molar-refractivity contribution in [2.75, 3.05) is 13.4 Å². The van der Waals surface area contributed by atoms with Crippen LogP contribution >= 0.6 is 11.3 Å². The fourth-order valence-electron chi connectivity index (χ4n) is 1.29. The van der Waals surface area contributed by atoms with Crippen molar-refractivity contribution in [3.63, 3.8) is 0 Å². The van der Waals surface area contributed by atoms with Gasteiger partial charge in [0.1, 0.15) is 12.4 Å². The monoisotopic (exact) mass is 182 g/mol. The number of thiophene rings is 1. The van der Waals surface area contributed by atoms with Crippen molar-refractivity contribution in [2.45, 2.75) is 5.60 Å². The van der Waals surface area contributed by atoms with E-state index in [0.717, 1.165) is 5.56 Å². The zero-order valence-electron chi connectivity index (χ0n) is 6.66. The number of hydrogen-bond acceptors (Lipinski definition) is 3. The molecule has 3 heteroatoms. The molecule has 2 heterocycles. The van der Waals surface area contributed by atoms with Gasteiger partial charge in [-0.05, 0) is 16.8 Å². The summed E-state index contributed by atoms with van der Waals surface area (Å²) in [5.74, 6) is 0. The van der Waals surface area contributed by atoms with Crippen LogP contribution in [-0.4, -0.2) is 13.4 Å². The first-order valence-electron chi connectivity index (χ1n) is 3.75. The third-order valence-electron chi connectivity index (χ3n) is 2.06. The van der Waals surface area contributed by atoms with Gasteiger partial charge in [-0.25, -0.2) is 0 Å². The van der Waals surface area contributed by atoms with Gasteiger partial charge in [0.2, 0.25) is 0 Å². The van der Waals surface area contributed by atoms with Crippen molar-refractivity contribution in [1.29, 1.82) is 0 Å². The van der Waals surface area contributed by atoms with Gasteiger partial charge in [0.15, 0.2) is 0 Å². The van der Waals surface area contributed by atoms with Gasteiger partial charge in [-0.2, -0.15) is 11.3 Å². The largest absolute Gasteiger partial charge is 0.352 e. The first kappa shape index (κ1) is 7.98. The summed E-state index contributed by atoms with van der Waals surface area (Å²) in [4.78, 5) is 0. The molecule has 0 unspecified atom stereocenters. The Morgan fingerprint density at radius 1 is 1.67 bits per heavy atom. The van der Waals surface area contributed by atoms with E-state index in [1.165, 1.54) is 0 Å². The van der Waals surface area contributed by atoms with E-state index in [0.29, 0.717) is 13.4 Å². The first-order chi connectivity index (χ1) is 5.87. The topological polar surface area (TPSA) is 18.5 Å². The van der Waals surface area contributed by atoms with E-state index in [2.05, 4.69) is 12.0 Å². The molecule has 1 atom stereocenters. The zero-order chi connectivity index (χ0) is 8.44. The van der Waals surface area contributed by atoms with Crippen LogP contribution in [0.15, 0.2) is 29.5 Å². The number of ether oxygens (including phenoxy) is 2. The highest BCUT2D eigenvalue weighted by Crippen LogP contribution is 2.32. The highest BCUT2D eigenvalue weighted by Gasteiger charge is 2.35. The summed E-state index contributed by atoms with van der Waals surface area (Å²) in [5.41, 5.74) is 0.750. The molecule has 1 aliphatic heterocycles. The summed E-state index contributed by atoms with van der Waals surface area (Å²) in [6.07, 6.45) is 1.81. The van der Waals surface area contributed by atoms with Crippen molar-refractivity contribution < 1.29 is 9.47 Å². The van der Waals surface area contributed by atoms with E-state index in [4.69, 9.17) is 9.47 Å². The Morgan fingerprint density at radius 3 is 3.08 bits per heavy atom. The normalized spacial score (nSPS) is 29.0. The summed E-state index contributed by atoms with van der Waals surface area (Å²) >= 11 is 1.66. The molecule has 1 aromatic heterocycles. The number of hydrogen-bond donors (Lipinski definition) is 0.